The summed E-state index contributed by atoms with van der Waals surface area (Å²) < 4.78 is 19.5. The van der Waals surface area contributed by atoms with Crippen molar-refractivity contribution >= 4 is 0 Å². The lowest BCUT2D eigenvalue weighted by atomic mass is 10.0. The number of ether oxygens (including phenoxy) is 1. The van der Waals surface area contributed by atoms with Gasteiger partial charge in [0.15, 0.2) is 11.6 Å². The average Bonchev–Trinajstić information content (AvgIpc) is 3.07. The lowest BCUT2D eigenvalue weighted by molar-refractivity contribution is 0.163. The zero-order valence-electron chi connectivity index (χ0n) is 13.7. The van der Waals surface area contributed by atoms with Crippen LogP contribution in [0.5, 0.6) is 5.75 Å². The fourth-order valence-corrected chi connectivity index (χ4v) is 3.87. The van der Waals surface area contributed by atoms with Crippen molar-refractivity contribution in [2.45, 2.75) is 31.9 Å². The van der Waals surface area contributed by atoms with Crippen molar-refractivity contribution in [3.05, 3.63) is 42.0 Å². The van der Waals surface area contributed by atoms with Crippen LogP contribution in [0.4, 0.5) is 4.39 Å². The third-order valence-corrected chi connectivity index (χ3v) is 5.13. The zero-order chi connectivity index (χ0) is 16.4. The van der Waals surface area contributed by atoms with Crippen molar-refractivity contribution in [1.82, 2.24) is 10.2 Å². The van der Waals surface area contributed by atoms with Crippen molar-refractivity contribution in [1.29, 1.82) is 0 Å². The van der Waals surface area contributed by atoms with Crippen molar-refractivity contribution in [3.63, 3.8) is 0 Å². The lowest BCUT2D eigenvalue weighted by Gasteiger charge is -2.25. The predicted molar refractivity (Wildman–Crippen MR) is 87.8 cm³/mol. The molecular weight excluding hydrogens is 295 g/mol. The summed E-state index contributed by atoms with van der Waals surface area (Å²) in [6.45, 7) is 3.95. The van der Waals surface area contributed by atoms with Gasteiger partial charge in [0.25, 0.3) is 0 Å². The van der Waals surface area contributed by atoms with Gasteiger partial charge in [0.2, 0.25) is 0 Å². The maximum atomic E-state index is 13.7. The Morgan fingerprint density at radius 3 is 2.61 bits per heavy atom. The zero-order valence-corrected chi connectivity index (χ0v) is 13.7. The van der Waals surface area contributed by atoms with Crippen molar-refractivity contribution in [2.75, 3.05) is 20.1 Å². The molecule has 2 aliphatic rings. The van der Waals surface area contributed by atoms with E-state index in [0.29, 0.717) is 23.3 Å². The Balaban J connectivity index is 1.55. The van der Waals surface area contributed by atoms with E-state index in [-0.39, 0.29) is 18.0 Å². The molecule has 3 rings (SSSR count). The molecule has 1 aliphatic heterocycles. The van der Waals surface area contributed by atoms with Crippen LogP contribution in [0.2, 0.25) is 0 Å². The highest BCUT2D eigenvalue weighted by Crippen LogP contribution is 2.41. The number of nitrogens with zero attached hydrogens (tertiary/aromatic N) is 1. The van der Waals surface area contributed by atoms with Crippen LogP contribution < -0.4 is 10.1 Å². The van der Waals surface area contributed by atoms with E-state index in [0.717, 1.165) is 25.9 Å². The van der Waals surface area contributed by atoms with Crippen LogP contribution >= 0.6 is 0 Å². The quantitative estimate of drug-likeness (QED) is 0.819. The summed E-state index contributed by atoms with van der Waals surface area (Å²) in [6.07, 6.45) is 3.65. The number of fused-ring (bicyclic) bond motifs is 1. The number of hydrogen-bond acceptors (Lipinski definition) is 4. The highest BCUT2D eigenvalue weighted by Gasteiger charge is 2.43. The molecule has 0 spiro atoms. The minimum Gasteiger partial charge on any atom is -0.509 e. The number of halogens is 1. The molecule has 0 bridgehead atoms. The van der Waals surface area contributed by atoms with Crippen molar-refractivity contribution in [3.8, 4) is 5.75 Å². The summed E-state index contributed by atoms with van der Waals surface area (Å²) in [6, 6.07) is 6.63. The lowest BCUT2D eigenvalue weighted by Crippen LogP contribution is -2.34. The Labute approximate surface area is 136 Å². The number of aliphatic hydroxyl groups is 1. The second kappa shape index (κ2) is 6.79. The van der Waals surface area contributed by atoms with Crippen LogP contribution in [0.3, 0.4) is 0 Å². The maximum Gasteiger partial charge on any atom is 0.165 e. The second-order valence-electron chi connectivity index (χ2n) is 6.65. The largest absolute Gasteiger partial charge is 0.509 e. The van der Waals surface area contributed by atoms with Gasteiger partial charge in [0.05, 0.1) is 12.1 Å². The molecule has 1 heterocycles. The van der Waals surface area contributed by atoms with Crippen LogP contribution in [-0.2, 0) is 0 Å². The smallest absolute Gasteiger partial charge is 0.165 e. The van der Waals surface area contributed by atoms with Gasteiger partial charge in [-0.15, -0.1) is 0 Å². The van der Waals surface area contributed by atoms with E-state index < -0.39 is 0 Å². The molecule has 5 heteroatoms. The number of nitrogens with one attached hydrogen (secondary N) is 1. The minimum absolute atomic E-state index is 0.0268. The van der Waals surface area contributed by atoms with Gasteiger partial charge in [-0.3, -0.25) is 4.90 Å². The highest BCUT2D eigenvalue weighted by molar-refractivity contribution is 5.24. The first-order chi connectivity index (χ1) is 11.1. The van der Waals surface area contributed by atoms with Crippen LogP contribution in [0.25, 0.3) is 0 Å². The Morgan fingerprint density at radius 2 is 2.00 bits per heavy atom. The molecule has 2 N–H and O–H groups in total. The first-order valence-electron chi connectivity index (χ1n) is 8.30. The average molecular weight is 320 g/mol. The standard InChI is InChI=1S/C18H25FN2O2/c1-12(17(22)9-20-2)21-10-13-7-15(8-14(13)11-21)23-18-6-4-3-5-16(18)19/h3-6,9,12-15,20,22H,7-8,10-11H2,1-2H3/b17-9+/t12?,13-,14+,15?. The fraction of sp³-hybridized carbons (Fsp3) is 0.556. The molecular formula is C18H25FN2O2. The molecule has 1 saturated carbocycles. The summed E-state index contributed by atoms with van der Waals surface area (Å²) in [5.41, 5.74) is 0. The SMILES string of the molecule is CN/C=C(/O)C(C)N1C[C@H]2CC(Oc3ccccc3F)C[C@H]2C1. The van der Waals surface area contributed by atoms with Crippen molar-refractivity contribution < 1.29 is 14.2 Å². The van der Waals surface area contributed by atoms with E-state index in [9.17, 15) is 9.50 Å². The molecule has 4 atom stereocenters. The summed E-state index contributed by atoms with van der Waals surface area (Å²) >= 11 is 0. The molecule has 2 fully saturated rings. The van der Waals surface area contributed by atoms with E-state index in [4.69, 9.17) is 4.74 Å². The summed E-state index contributed by atoms with van der Waals surface area (Å²) in [4.78, 5) is 2.32. The van der Waals surface area contributed by atoms with Gasteiger partial charge in [0, 0.05) is 26.3 Å². The number of aliphatic hydroxyl groups excluding tert-OH is 1. The van der Waals surface area contributed by atoms with E-state index >= 15 is 0 Å². The molecule has 4 nitrogen and oxygen atoms in total. The van der Waals surface area contributed by atoms with E-state index in [1.165, 1.54) is 6.07 Å². The summed E-state index contributed by atoms with van der Waals surface area (Å²) in [5, 5.41) is 12.9. The fourth-order valence-electron chi connectivity index (χ4n) is 3.87. The molecule has 2 unspecified atom stereocenters. The van der Waals surface area contributed by atoms with Crippen LogP contribution in [0.1, 0.15) is 19.8 Å². The molecule has 1 aromatic rings. The molecule has 0 aromatic heterocycles. The summed E-state index contributed by atoms with van der Waals surface area (Å²) in [5.74, 6) is 1.57. The van der Waals surface area contributed by atoms with Gasteiger partial charge >= 0.3 is 0 Å². The number of likely N-dealkylation sites (tertiary alicyclic amines) is 1. The first kappa shape index (κ1) is 16.1. The molecule has 0 amide bonds. The van der Waals surface area contributed by atoms with E-state index in [1.54, 1.807) is 31.4 Å². The van der Waals surface area contributed by atoms with Gasteiger partial charge < -0.3 is 15.2 Å². The minimum atomic E-state index is -0.290. The third kappa shape index (κ3) is 3.44. The Hall–Kier alpha value is -1.75. The van der Waals surface area contributed by atoms with Crippen molar-refractivity contribution in [2.24, 2.45) is 11.8 Å². The number of para-hydroxylation sites is 1. The highest BCUT2D eigenvalue weighted by atomic mass is 19.1. The van der Waals surface area contributed by atoms with Gasteiger partial charge in [-0.05, 0) is 43.7 Å². The maximum absolute atomic E-state index is 13.7. The second-order valence-corrected chi connectivity index (χ2v) is 6.65. The Morgan fingerprint density at radius 1 is 1.35 bits per heavy atom. The molecule has 1 aromatic carbocycles. The van der Waals surface area contributed by atoms with Crippen LogP contribution in [0, 0.1) is 17.7 Å². The molecule has 1 aliphatic carbocycles. The number of hydrogen-bond donors (Lipinski definition) is 2. The normalized spacial score (nSPS) is 29.3. The third-order valence-electron chi connectivity index (χ3n) is 5.13. The van der Waals surface area contributed by atoms with E-state index in [1.807, 2.05) is 6.92 Å². The Bertz CT molecular complexity index is 564. The van der Waals surface area contributed by atoms with Gasteiger partial charge in [-0.1, -0.05) is 12.1 Å². The number of benzene rings is 1. The number of rotatable bonds is 5. The predicted octanol–water partition coefficient (Wildman–Crippen LogP) is 2.92. The topological polar surface area (TPSA) is 44.7 Å². The summed E-state index contributed by atoms with van der Waals surface area (Å²) in [7, 11) is 1.78. The molecule has 23 heavy (non-hydrogen) atoms. The van der Waals surface area contributed by atoms with Crippen LogP contribution in [-0.4, -0.2) is 42.3 Å². The van der Waals surface area contributed by atoms with Gasteiger partial charge in [0.1, 0.15) is 5.76 Å². The van der Waals surface area contributed by atoms with Gasteiger partial charge in [-0.2, -0.15) is 0 Å². The molecule has 1 saturated heterocycles. The Kier molecular flexibility index (Phi) is 4.76. The first-order valence-corrected chi connectivity index (χ1v) is 8.30. The monoisotopic (exact) mass is 320 g/mol. The molecule has 0 radical (unpaired) electrons. The van der Waals surface area contributed by atoms with E-state index in [2.05, 4.69) is 10.2 Å². The molecule has 126 valence electrons. The van der Waals surface area contributed by atoms with Gasteiger partial charge in [-0.25, -0.2) is 4.39 Å². The van der Waals surface area contributed by atoms with Crippen LogP contribution in [0.15, 0.2) is 36.2 Å².